The first-order chi connectivity index (χ1) is 17.5. The molecule has 1 N–H and O–H groups in total. The summed E-state index contributed by atoms with van der Waals surface area (Å²) >= 11 is 0. The first-order valence-electron chi connectivity index (χ1n) is 11.9. The maximum Gasteiger partial charge on any atom is 0.374 e. The highest BCUT2D eigenvalue weighted by Crippen LogP contribution is 2.24. The summed E-state index contributed by atoms with van der Waals surface area (Å²) in [5.41, 5.74) is 4.84. The van der Waals surface area contributed by atoms with Crippen LogP contribution in [0.5, 0.6) is 0 Å². The molecule has 2 heterocycles. The highest BCUT2D eigenvalue weighted by atomic mass is 32.2. The molecule has 0 fully saturated rings. The second kappa shape index (κ2) is 10.4. The maximum atomic E-state index is 13.2. The van der Waals surface area contributed by atoms with Crippen LogP contribution in [0.1, 0.15) is 23.1 Å². The lowest BCUT2D eigenvalue weighted by atomic mass is 10.1. The van der Waals surface area contributed by atoms with Gasteiger partial charge in [-0.15, -0.1) is 4.36 Å². The third-order valence-electron chi connectivity index (χ3n) is 5.99. The Morgan fingerprint density at radius 3 is 2.03 bits per heavy atom. The third-order valence-corrected chi connectivity index (χ3v) is 7.30. The molecule has 0 amide bonds. The predicted molar refractivity (Wildman–Crippen MR) is 142 cm³/mol. The Bertz CT molecular complexity index is 1610. The summed E-state index contributed by atoms with van der Waals surface area (Å²) in [5.74, 6) is 0.516. The van der Waals surface area contributed by atoms with Crippen molar-refractivity contribution in [1.82, 2.24) is 9.97 Å². The second-order valence-corrected chi connectivity index (χ2v) is 10.4. The van der Waals surface area contributed by atoms with Gasteiger partial charge in [0.15, 0.2) is 10.0 Å². The number of pyridine rings is 1. The van der Waals surface area contributed by atoms with E-state index in [9.17, 15) is 8.76 Å². The molecule has 0 aliphatic heterocycles. The normalized spacial score (nSPS) is 12.8. The van der Waals surface area contributed by atoms with Gasteiger partial charge in [-0.25, -0.2) is 9.19 Å². The molecule has 3 aromatic carbocycles. The highest BCUT2D eigenvalue weighted by molar-refractivity contribution is 7.88. The van der Waals surface area contributed by atoms with Crippen LogP contribution in [0.2, 0.25) is 0 Å². The van der Waals surface area contributed by atoms with E-state index in [1.54, 1.807) is 28.8 Å². The van der Waals surface area contributed by atoms with E-state index in [1.807, 2.05) is 61.8 Å². The first-order valence-corrected chi connectivity index (χ1v) is 13.3. The molecule has 0 aliphatic carbocycles. The van der Waals surface area contributed by atoms with Gasteiger partial charge < -0.3 is 0 Å². The van der Waals surface area contributed by atoms with Crippen molar-refractivity contribution in [2.45, 2.75) is 31.1 Å². The maximum absolute atomic E-state index is 13.2. The van der Waals surface area contributed by atoms with Crippen LogP contribution in [0.15, 0.2) is 113 Å². The topological polar surface area (TPSA) is 79.3 Å². The van der Waals surface area contributed by atoms with Crippen LogP contribution in [-0.4, -0.2) is 18.7 Å². The van der Waals surface area contributed by atoms with Gasteiger partial charge in [0.2, 0.25) is 5.52 Å². The van der Waals surface area contributed by atoms with E-state index in [0.717, 1.165) is 24.8 Å². The first kappa shape index (κ1) is 23.8. The average Bonchev–Trinajstić information content (AvgIpc) is 2.89. The molecule has 180 valence electrons. The smallest absolute Gasteiger partial charge is 0.296 e. The lowest BCUT2D eigenvalue weighted by Crippen LogP contribution is -2.31. The Morgan fingerprint density at radius 2 is 1.36 bits per heavy atom. The predicted octanol–water partition coefficient (Wildman–Crippen LogP) is 6.02. The minimum atomic E-state index is -3.72. The van der Waals surface area contributed by atoms with E-state index in [4.69, 9.17) is 4.98 Å². The molecular weight excluding hydrogens is 468 g/mol. The summed E-state index contributed by atoms with van der Waals surface area (Å²) in [6.07, 6.45) is 6.84. The van der Waals surface area contributed by atoms with E-state index >= 15 is 0 Å². The van der Waals surface area contributed by atoms with E-state index < -0.39 is 10.0 Å². The molecule has 0 radical (unpaired) electrons. The monoisotopic (exact) mass is 495 g/mol. The number of rotatable bonds is 7. The zero-order chi connectivity index (χ0) is 25.0. The van der Waals surface area contributed by atoms with Crippen molar-refractivity contribution in [1.29, 1.82) is 0 Å². The number of para-hydroxylation sites is 2. The van der Waals surface area contributed by atoms with E-state index in [1.165, 1.54) is 11.1 Å². The Balaban J connectivity index is 1.47. The summed E-state index contributed by atoms with van der Waals surface area (Å²) in [7, 11) is -3.72. The van der Waals surface area contributed by atoms with Gasteiger partial charge in [0, 0.05) is 0 Å². The van der Waals surface area contributed by atoms with Crippen LogP contribution in [-0.2, 0) is 22.9 Å². The molecule has 0 aliphatic rings. The minimum Gasteiger partial charge on any atom is -0.296 e. The lowest BCUT2D eigenvalue weighted by molar-refractivity contribution is -0.598. The number of hydrogen-bond donors (Lipinski definition) is 1. The molecule has 1 unspecified atom stereocenters. The Morgan fingerprint density at radius 1 is 0.778 bits per heavy atom. The summed E-state index contributed by atoms with van der Waals surface area (Å²) < 4.78 is 30.0. The highest BCUT2D eigenvalue weighted by Gasteiger charge is 2.22. The van der Waals surface area contributed by atoms with Crippen LogP contribution in [0, 0.1) is 6.92 Å². The number of fused-ring (bicyclic) bond motifs is 1. The number of benzene rings is 3. The van der Waals surface area contributed by atoms with Gasteiger partial charge in [-0.1, -0.05) is 60.2 Å². The van der Waals surface area contributed by atoms with Gasteiger partial charge in [-0.2, -0.15) is 4.57 Å². The Hall–Kier alpha value is -3.94. The minimum absolute atomic E-state index is 0.114. The van der Waals surface area contributed by atoms with E-state index in [2.05, 4.69) is 33.6 Å². The number of hydrogen-bond acceptors (Lipinski definition) is 4. The molecule has 0 spiro atoms. The lowest BCUT2D eigenvalue weighted by Gasteiger charge is -2.06. The van der Waals surface area contributed by atoms with Gasteiger partial charge >= 0.3 is 5.82 Å². The van der Waals surface area contributed by atoms with Crippen molar-refractivity contribution in [2.24, 2.45) is 4.36 Å². The van der Waals surface area contributed by atoms with Gasteiger partial charge in [0.25, 0.3) is 5.82 Å². The molecule has 36 heavy (non-hydrogen) atoms. The fraction of sp³-hybridized carbons (Fsp3) is 0.138. The average molecular weight is 496 g/mol. The van der Waals surface area contributed by atoms with E-state index in [0.29, 0.717) is 16.9 Å². The molecule has 0 saturated heterocycles. The summed E-state index contributed by atoms with van der Waals surface area (Å²) in [6, 6.07) is 28.8. The second-order valence-electron chi connectivity index (χ2n) is 8.71. The van der Waals surface area contributed by atoms with Crippen molar-refractivity contribution in [2.75, 3.05) is 0 Å². The zero-order valence-electron chi connectivity index (χ0n) is 20.0. The number of aromatic nitrogens is 3. The van der Waals surface area contributed by atoms with Crippen molar-refractivity contribution in [3.8, 4) is 5.82 Å². The van der Waals surface area contributed by atoms with Crippen molar-refractivity contribution in [3.05, 3.63) is 120 Å². The molecule has 1 atom stereocenters. The SMILES string of the molecule is Cc1ccc(S(=O)(O)=Nc2nc3ccccc3nc2-[n+]2ccc(CCCc3ccccc3)cc2)cc1. The summed E-state index contributed by atoms with van der Waals surface area (Å²) in [4.78, 5) is 9.56. The van der Waals surface area contributed by atoms with Crippen LogP contribution < -0.4 is 4.57 Å². The van der Waals surface area contributed by atoms with Crippen LogP contribution in [0.3, 0.4) is 0 Å². The zero-order valence-corrected chi connectivity index (χ0v) is 20.8. The summed E-state index contributed by atoms with van der Waals surface area (Å²) in [5, 5.41) is 0. The van der Waals surface area contributed by atoms with Crippen LogP contribution >= 0.6 is 0 Å². The van der Waals surface area contributed by atoms with Gasteiger partial charge in [0.05, 0.1) is 17.3 Å². The van der Waals surface area contributed by atoms with Crippen molar-refractivity contribution < 1.29 is 13.3 Å². The van der Waals surface area contributed by atoms with Crippen molar-refractivity contribution in [3.63, 3.8) is 0 Å². The Labute approximate surface area is 211 Å². The van der Waals surface area contributed by atoms with Gasteiger partial charge in [0.1, 0.15) is 5.52 Å². The van der Waals surface area contributed by atoms with Gasteiger partial charge in [-0.05, 0) is 78.7 Å². The summed E-state index contributed by atoms with van der Waals surface area (Å²) in [6.45, 7) is 1.93. The molecule has 0 bridgehead atoms. The van der Waals surface area contributed by atoms with Crippen LogP contribution in [0.25, 0.3) is 16.9 Å². The number of aryl methyl sites for hydroxylation is 3. The van der Waals surface area contributed by atoms with Crippen LogP contribution in [0.4, 0.5) is 5.82 Å². The Kier molecular flexibility index (Phi) is 6.84. The fourth-order valence-corrected chi connectivity index (χ4v) is 4.96. The van der Waals surface area contributed by atoms with E-state index in [-0.39, 0.29) is 10.7 Å². The third kappa shape index (κ3) is 5.48. The van der Waals surface area contributed by atoms with Gasteiger partial charge in [-0.3, -0.25) is 4.55 Å². The number of nitrogens with zero attached hydrogens (tertiary/aromatic N) is 4. The quantitative estimate of drug-likeness (QED) is 0.280. The molecule has 5 aromatic rings. The molecule has 7 heteroatoms. The molecule has 6 nitrogen and oxygen atoms in total. The fourth-order valence-electron chi connectivity index (χ4n) is 4.01. The molecule has 5 rings (SSSR count). The largest absolute Gasteiger partial charge is 0.374 e. The molecular formula is C29H27N4O2S+. The van der Waals surface area contributed by atoms with Crippen molar-refractivity contribution >= 4 is 26.9 Å². The molecule has 0 saturated carbocycles. The molecule has 2 aromatic heterocycles. The standard InChI is InChI=1S/C29H26N4O2S/c1-22-14-16-25(17-15-22)36(34,35)32-28-29(31-27-13-6-5-12-26(27)30-28)33-20-18-24(19-21-33)11-7-10-23-8-3-2-4-9-23/h2-6,8-9,12-21H,7,10-11H2,1H3/p+1.